The SMILES string of the molecule is Cc1nc(N)c(C(=O)NC(N)=NCCCCCCCCCCCN(C[C@H](O)[C@@H](O)[C@H](O)[C@H]2CO[C@@H](C)O2)C[C@H](O)[C@@H](O)[C@H](O)[C@H]2CO[C@@H](C)O2)nc1Cl.S.S.S.S. The summed E-state index contributed by atoms with van der Waals surface area (Å²) in [6.07, 6.45) is -2.84. The van der Waals surface area contributed by atoms with Crippen molar-refractivity contribution in [2.24, 2.45) is 10.7 Å². The fourth-order valence-corrected chi connectivity index (χ4v) is 6.27. The molecule has 1 aromatic heterocycles. The van der Waals surface area contributed by atoms with E-state index >= 15 is 0 Å². The predicted octanol–water partition coefficient (Wildman–Crippen LogP) is 0.0174. The number of unbranched alkanes of at least 4 members (excludes halogenated alkanes) is 8. The second-order valence-corrected chi connectivity index (χ2v) is 14.1. The van der Waals surface area contributed by atoms with E-state index in [1.54, 1.807) is 25.7 Å². The van der Waals surface area contributed by atoms with Crippen LogP contribution in [0.1, 0.15) is 87.8 Å². The molecule has 0 saturated carbocycles. The van der Waals surface area contributed by atoms with Crippen LogP contribution < -0.4 is 16.8 Å². The van der Waals surface area contributed by atoms with Crippen LogP contribution in [0, 0.1) is 6.92 Å². The van der Waals surface area contributed by atoms with Crippen molar-refractivity contribution in [1.29, 1.82) is 0 Å². The number of aryl methyl sites for hydroxylation is 1. The summed E-state index contributed by atoms with van der Waals surface area (Å²) in [5, 5.41) is 66.7. The summed E-state index contributed by atoms with van der Waals surface area (Å²) in [6.45, 7) is 5.81. The molecular formula is C34H68ClN7O11S4. The third-order valence-electron chi connectivity index (χ3n) is 9.27. The number of nitrogens with zero attached hydrogens (tertiary/aromatic N) is 4. The molecule has 0 radical (unpaired) electrons. The summed E-state index contributed by atoms with van der Waals surface area (Å²) in [4.78, 5) is 26.2. The maximum atomic E-state index is 12.4. The van der Waals surface area contributed by atoms with Crippen molar-refractivity contribution in [3.8, 4) is 0 Å². The standard InChI is InChI=1S/C34H60ClN7O11.4H2S/c1-19-31(35)40-26(32(36)39-19)33(49)41-34(37)38-13-11-9-7-5-4-6-8-10-12-14-42(15-22(43)27(45)29(47)24-17-50-20(2)52-24)16-23(44)28(46)30(48)25-18-51-21(3)53-25;;;;/h20-25,27-30,43-48H,4-18H2,1-3H3,(H2,36,39)(H3,37,38,41,49);4*1H2/t20-,21-,22+,23+,24-,25-,27-,28-,29-,30-;;;;/m1..../s1. The first kappa shape index (κ1) is 58.2. The quantitative estimate of drug-likeness (QED) is 0.0398. The minimum absolute atomic E-state index is 0. The maximum Gasteiger partial charge on any atom is 0.280 e. The number of anilines is 1. The molecule has 1 aromatic rings. The minimum Gasteiger partial charge on any atom is -0.389 e. The summed E-state index contributed by atoms with van der Waals surface area (Å²) in [7, 11) is 0. The van der Waals surface area contributed by atoms with Gasteiger partial charge in [-0.15, -0.1) is 0 Å². The van der Waals surface area contributed by atoms with E-state index in [1.165, 1.54) is 0 Å². The van der Waals surface area contributed by atoms with Crippen LogP contribution in [0.4, 0.5) is 5.82 Å². The maximum absolute atomic E-state index is 12.4. The van der Waals surface area contributed by atoms with Gasteiger partial charge in [-0.3, -0.25) is 20.0 Å². The van der Waals surface area contributed by atoms with E-state index in [9.17, 15) is 35.4 Å². The number of aliphatic imine (C=N–C) groups is 1. The molecule has 0 unspecified atom stereocenters. The Labute approximate surface area is 368 Å². The molecule has 3 heterocycles. The number of halogens is 1. The smallest absolute Gasteiger partial charge is 0.280 e. The van der Waals surface area contributed by atoms with Crippen molar-refractivity contribution in [3.05, 3.63) is 16.5 Å². The van der Waals surface area contributed by atoms with Crippen LogP contribution in [0.2, 0.25) is 5.15 Å². The summed E-state index contributed by atoms with van der Waals surface area (Å²) in [6, 6.07) is 0. The fourth-order valence-electron chi connectivity index (χ4n) is 6.15. The highest BCUT2D eigenvalue weighted by atomic mass is 35.5. The molecular weight excluding hydrogens is 846 g/mol. The average molecular weight is 915 g/mol. The first-order chi connectivity index (χ1) is 25.2. The molecule has 2 fully saturated rings. The number of guanidine groups is 1. The molecule has 0 aromatic carbocycles. The lowest BCUT2D eigenvalue weighted by Crippen LogP contribution is -2.53. The van der Waals surface area contributed by atoms with Gasteiger partial charge in [-0.25, -0.2) is 9.97 Å². The van der Waals surface area contributed by atoms with Crippen LogP contribution >= 0.6 is 65.6 Å². The molecule has 1 amide bonds. The van der Waals surface area contributed by atoms with Gasteiger partial charge < -0.3 is 61.1 Å². The van der Waals surface area contributed by atoms with Crippen molar-refractivity contribution < 1.29 is 54.4 Å². The van der Waals surface area contributed by atoms with Gasteiger partial charge >= 0.3 is 0 Å². The molecule has 10 atom stereocenters. The second-order valence-electron chi connectivity index (χ2n) is 13.7. The Hall–Kier alpha value is -0.930. The number of aromatic nitrogens is 2. The number of ether oxygens (including phenoxy) is 4. The zero-order chi connectivity index (χ0) is 39.1. The van der Waals surface area contributed by atoms with Crippen molar-refractivity contribution >= 4 is 83.3 Å². The Bertz CT molecular complexity index is 1270. The van der Waals surface area contributed by atoms with E-state index in [-0.39, 0.29) is 103 Å². The number of aliphatic hydroxyl groups is 6. The number of rotatable bonds is 23. The molecule has 11 N–H and O–H groups in total. The number of hydrogen-bond donors (Lipinski definition) is 9. The number of nitrogens with two attached hydrogens (primary N) is 2. The van der Waals surface area contributed by atoms with Gasteiger partial charge in [-0.05, 0) is 40.2 Å². The third kappa shape index (κ3) is 20.0. The largest absolute Gasteiger partial charge is 0.389 e. The van der Waals surface area contributed by atoms with Crippen LogP contribution in [0.5, 0.6) is 0 Å². The van der Waals surface area contributed by atoms with Gasteiger partial charge in [0.05, 0.1) is 31.1 Å². The topological polar surface area (TPSA) is 281 Å². The van der Waals surface area contributed by atoms with Crippen molar-refractivity contribution in [2.75, 3.05) is 45.1 Å². The van der Waals surface area contributed by atoms with Crippen LogP contribution in [-0.2, 0) is 18.9 Å². The Balaban J connectivity index is 0. The van der Waals surface area contributed by atoms with E-state index in [2.05, 4.69) is 20.3 Å². The Morgan fingerprint density at radius 1 is 0.807 bits per heavy atom. The van der Waals surface area contributed by atoms with E-state index in [0.29, 0.717) is 18.8 Å². The number of nitrogen functional groups attached to an aromatic ring is 1. The van der Waals surface area contributed by atoms with Gasteiger partial charge in [0.15, 0.2) is 35.2 Å². The zero-order valence-electron chi connectivity index (χ0n) is 32.9. The van der Waals surface area contributed by atoms with E-state index in [4.69, 9.17) is 42.0 Å². The summed E-state index contributed by atoms with van der Waals surface area (Å²) < 4.78 is 21.5. The van der Waals surface area contributed by atoms with Gasteiger partial charge in [0.1, 0.15) is 36.6 Å². The predicted molar refractivity (Wildman–Crippen MR) is 236 cm³/mol. The molecule has 57 heavy (non-hydrogen) atoms. The van der Waals surface area contributed by atoms with Gasteiger partial charge in [-0.2, -0.15) is 54.0 Å². The van der Waals surface area contributed by atoms with Crippen LogP contribution in [0.15, 0.2) is 4.99 Å². The monoisotopic (exact) mass is 913 g/mol. The molecule has 3 rings (SSSR count). The number of amides is 1. The Kier molecular flexibility index (Phi) is 30.8. The first-order valence-electron chi connectivity index (χ1n) is 18.4. The van der Waals surface area contributed by atoms with E-state index in [1.807, 2.05) is 0 Å². The minimum atomic E-state index is -1.54. The van der Waals surface area contributed by atoms with Crippen molar-refractivity contribution in [3.63, 3.8) is 0 Å². The lowest BCUT2D eigenvalue weighted by molar-refractivity contribution is -0.135. The lowest BCUT2D eigenvalue weighted by atomic mass is 10.0. The number of carbonyl (C=O) groups is 1. The van der Waals surface area contributed by atoms with Gasteiger partial charge in [0, 0.05) is 19.6 Å². The van der Waals surface area contributed by atoms with Crippen LogP contribution in [-0.4, -0.2) is 158 Å². The molecule has 2 aliphatic rings. The molecule has 18 nitrogen and oxygen atoms in total. The summed E-state index contributed by atoms with van der Waals surface area (Å²) in [5.74, 6) is -0.719. The normalized spacial score (nSPS) is 22.5. The highest BCUT2D eigenvalue weighted by molar-refractivity contribution is 7.59. The van der Waals surface area contributed by atoms with Crippen molar-refractivity contribution in [2.45, 2.75) is 140 Å². The third-order valence-corrected chi connectivity index (χ3v) is 9.63. The van der Waals surface area contributed by atoms with Gasteiger partial charge in [-0.1, -0.05) is 56.5 Å². The summed E-state index contributed by atoms with van der Waals surface area (Å²) in [5.41, 5.74) is 11.9. The molecule has 0 aliphatic carbocycles. The molecule has 23 heteroatoms. The second kappa shape index (κ2) is 30.2. The number of aliphatic hydroxyl groups excluding tert-OH is 6. The average Bonchev–Trinajstić information content (AvgIpc) is 3.76. The zero-order valence-corrected chi connectivity index (χ0v) is 37.7. The Morgan fingerprint density at radius 2 is 1.25 bits per heavy atom. The molecule has 0 spiro atoms. The lowest BCUT2D eigenvalue weighted by Gasteiger charge is -2.33. The molecule has 0 bridgehead atoms. The first-order valence-corrected chi connectivity index (χ1v) is 18.8. The number of nitrogens with one attached hydrogen (secondary N) is 1. The Morgan fingerprint density at radius 3 is 1.68 bits per heavy atom. The van der Waals surface area contributed by atoms with Crippen molar-refractivity contribution in [1.82, 2.24) is 20.2 Å². The number of carbonyl (C=O) groups excluding carboxylic acids is 1. The highest BCUT2D eigenvalue weighted by Crippen LogP contribution is 2.21. The molecule has 2 saturated heterocycles. The molecule has 2 aliphatic heterocycles. The van der Waals surface area contributed by atoms with E-state index < -0.39 is 67.3 Å². The molecule has 336 valence electrons. The van der Waals surface area contributed by atoms with Gasteiger partial charge in [0.25, 0.3) is 5.91 Å². The van der Waals surface area contributed by atoms with Gasteiger partial charge in [0.2, 0.25) is 0 Å². The fraction of sp³-hybridized carbons (Fsp3) is 0.824. The van der Waals surface area contributed by atoms with Crippen LogP contribution in [0.3, 0.4) is 0 Å². The number of hydrogen-bond acceptors (Lipinski definition) is 16. The van der Waals surface area contributed by atoms with E-state index in [0.717, 1.165) is 57.8 Å². The van der Waals surface area contributed by atoms with Crippen LogP contribution in [0.25, 0.3) is 0 Å². The summed E-state index contributed by atoms with van der Waals surface area (Å²) >= 11 is 5.94. The highest BCUT2D eigenvalue weighted by Gasteiger charge is 2.39.